The van der Waals surface area contributed by atoms with Crippen LogP contribution in [-0.2, 0) is 4.79 Å². The van der Waals surface area contributed by atoms with Crippen LogP contribution in [0, 0.1) is 5.82 Å². The Morgan fingerprint density at radius 1 is 1.23 bits per heavy atom. The Morgan fingerprint density at radius 3 is 2.77 bits per heavy atom. The van der Waals surface area contributed by atoms with Crippen molar-refractivity contribution in [2.45, 2.75) is 0 Å². The zero-order valence-corrected chi connectivity index (χ0v) is 6.62. The number of halogens is 1. The molecule has 1 aliphatic rings. The predicted molar refractivity (Wildman–Crippen MR) is 42.9 cm³/mol. The highest BCUT2D eigenvalue weighted by atomic mass is 19.1. The lowest BCUT2D eigenvalue weighted by atomic mass is 10.3. The van der Waals surface area contributed by atoms with Crippen molar-refractivity contribution in [3.8, 4) is 0 Å². The van der Waals surface area contributed by atoms with Gasteiger partial charge >= 0.3 is 0 Å². The molecule has 0 atom stereocenters. The Kier molecular flexibility index (Phi) is 1.55. The van der Waals surface area contributed by atoms with Crippen molar-refractivity contribution in [3.05, 3.63) is 47.0 Å². The molecule has 0 aromatic heterocycles. The van der Waals surface area contributed by atoms with E-state index in [-0.39, 0.29) is 11.1 Å². The summed E-state index contributed by atoms with van der Waals surface area (Å²) in [5, 5.41) is 0.739. The van der Waals surface area contributed by atoms with Crippen LogP contribution < -0.4 is 10.7 Å². The van der Waals surface area contributed by atoms with Gasteiger partial charge in [0.1, 0.15) is 11.5 Å². The van der Waals surface area contributed by atoms with Crippen molar-refractivity contribution in [3.63, 3.8) is 0 Å². The maximum Gasteiger partial charge on any atom is 0.295 e. The molecule has 1 aromatic rings. The highest BCUT2D eigenvalue weighted by Crippen LogP contribution is 1.97. The number of fused-ring (bicyclic) bond motifs is 1. The summed E-state index contributed by atoms with van der Waals surface area (Å²) < 4.78 is 12.7. The highest BCUT2D eigenvalue weighted by Gasteiger charge is 2.08. The van der Waals surface area contributed by atoms with E-state index >= 15 is 0 Å². The van der Waals surface area contributed by atoms with Crippen LogP contribution in [0.15, 0.2) is 40.5 Å². The van der Waals surface area contributed by atoms with Gasteiger partial charge in [-0.15, -0.1) is 0 Å². The molecule has 0 N–H and O–H groups in total. The minimum Gasteiger partial charge on any atom is -0.265 e. The van der Waals surface area contributed by atoms with Crippen LogP contribution in [0.1, 0.15) is 0 Å². The van der Waals surface area contributed by atoms with Gasteiger partial charge in [-0.25, -0.2) is 14.4 Å². The van der Waals surface area contributed by atoms with E-state index in [0.717, 1.165) is 0 Å². The van der Waals surface area contributed by atoms with Crippen molar-refractivity contribution in [2.24, 2.45) is 9.98 Å². The Labute approximate surface area is 72.9 Å². The second kappa shape index (κ2) is 2.58. The number of rotatable bonds is 0. The molecule has 0 saturated heterocycles. The number of carbonyl (C=O) groups is 1. The maximum atomic E-state index is 12.7. The molecule has 0 unspecified atom stereocenters. The van der Waals surface area contributed by atoms with Gasteiger partial charge in [-0.1, -0.05) is 6.58 Å². The summed E-state index contributed by atoms with van der Waals surface area (Å²) >= 11 is 0. The number of amides is 1. The Morgan fingerprint density at radius 2 is 2.00 bits per heavy atom. The van der Waals surface area contributed by atoms with Gasteiger partial charge in [0, 0.05) is 6.07 Å². The lowest BCUT2D eigenvalue weighted by molar-refractivity contribution is -0.114. The van der Waals surface area contributed by atoms with Crippen molar-refractivity contribution < 1.29 is 9.18 Å². The molecule has 0 radical (unpaired) electrons. The van der Waals surface area contributed by atoms with Crippen molar-refractivity contribution in [1.82, 2.24) is 0 Å². The van der Waals surface area contributed by atoms with Crippen LogP contribution in [0.4, 0.5) is 4.39 Å². The van der Waals surface area contributed by atoms with Gasteiger partial charge in [-0.05, 0) is 12.1 Å². The van der Waals surface area contributed by atoms with Gasteiger partial charge in [0.15, 0.2) is 0 Å². The molecule has 1 heterocycles. The van der Waals surface area contributed by atoms with E-state index in [1.807, 2.05) is 0 Å². The topological polar surface area (TPSA) is 41.8 Å². The SMILES string of the molecule is C=C1N=c2ccc(F)cc2=NC1=O. The Bertz CT molecular complexity index is 519. The summed E-state index contributed by atoms with van der Waals surface area (Å²) in [5.41, 5.74) is 0.0825. The molecule has 1 aromatic carbocycles. The van der Waals surface area contributed by atoms with E-state index in [1.165, 1.54) is 18.2 Å². The summed E-state index contributed by atoms with van der Waals surface area (Å²) in [6.45, 7) is 3.41. The van der Waals surface area contributed by atoms with Crippen LogP contribution >= 0.6 is 0 Å². The molecule has 0 saturated carbocycles. The number of hydrogen-bond acceptors (Lipinski definition) is 2. The minimum atomic E-state index is -0.516. The fourth-order valence-corrected chi connectivity index (χ4v) is 1.05. The molecule has 2 rings (SSSR count). The molecule has 13 heavy (non-hydrogen) atoms. The first-order chi connectivity index (χ1) is 6.16. The van der Waals surface area contributed by atoms with Gasteiger partial charge in [0.05, 0.1) is 10.7 Å². The molecular formula is C9H5FN2O. The molecular weight excluding hydrogens is 171 g/mol. The first-order valence-electron chi connectivity index (χ1n) is 3.63. The van der Waals surface area contributed by atoms with E-state index in [2.05, 4.69) is 16.6 Å². The average molecular weight is 176 g/mol. The summed E-state index contributed by atoms with van der Waals surface area (Å²) in [5.74, 6) is -0.948. The molecule has 3 nitrogen and oxygen atoms in total. The average Bonchev–Trinajstić information content (AvgIpc) is 2.08. The number of nitrogens with zero attached hydrogens (tertiary/aromatic N) is 2. The quantitative estimate of drug-likeness (QED) is 0.517. The van der Waals surface area contributed by atoms with Crippen LogP contribution in [0.2, 0.25) is 0 Å². The van der Waals surface area contributed by atoms with Crippen molar-refractivity contribution in [2.75, 3.05) is 0 Å². The monoisotopic (exact) mass is 176 g/mol. The lowest BCUT2D eigenvalue weighted by Gasteiger charge is -1.99. The van der Waals surface area contributed by atoms with Crippen LogP contribution in [-0.4, -0.2) is 5.91 Å². The summed E-state index contributed by atoms with van der Waals surface area (Å²) in [6, 6.07) is 3.90. The fraction of sp³-hybridized carbons (Fsp3) is 0. The number of carbonyl (C=O) groups excluding carboxylic acids is 1. The highest BCUT2D eigenvalue weighted by molar-refractivity contribution is 5.93. The Balaban J connectivity index is 2.85. The molecule has 1 aliphatic heterocycles. The van der Waals surface area contributed by atoms with Gasteiger partial charge in [0.25, 0.3) is 5.91 Å². The molecule has 0 spiro atoms. The normalized spacial score (nSPS) is 14.5. The van der Waals surface area contributed by atoms with Gasteiger partial charge < -0.3 is 0 Å². The van der Waals surface area contributed by atoms with Gasteiger partial charge in [-0.3, -0.25) is 4.79 Å². The molecule has 4 heteroatoms. The molecule has 0 fully saturated rings. The maximum absolute atomic E-state index is 12.7. The summed E-state index contributed by atoms with van der Waals surface area (Å²) in [6.07, 6.45) is 0. The molecule has 0 aliphatic carbocycles. The van der Waals surface area contributed by atoms with Crippen LogP contribution in [0.25, 0.3) is 0 Å². The minimum absolute atomic E-state index is 0.0825. The second-order valence-corrected chi connectivity index (χ2v) is 2.61. The second-order valence-electron chi connectivity index (χ2n) is 2.61. The van der Waals surface area contributed by atoms with E-state index in [0.29, 0.717) is 5.36 Å². The van der Waals surface area contributed by atoms with Gasteiger partial charge in [0.2, 0.25) is 0 Å². The summed E-state index contributed by atoms with van der Waals surface area (Å²) in [7, 11) is 0. The standard InChI is InChI=1S/C9H5FN2O/c1-5-9(13)12-8-4-6(10)2-3-7(8)11-5/h2-4H,1H2. The molecule has 0 bridgehead atoms. The third-order valence-corrected chi connectivity index (χ3v) is 1.66. The number of hydrogen-bond donors (Lipinski definition) is 0. The van der Waals surface area contributed by atoms with E-state index < -0.39 is 11.7 Å². The zero-order valence-electron chi connectivity index (χ0n) is 6.62. The molecule has 64 valence electrons. The fourth-order valence-electron chi connectivity index (χ4n) is 1.05. The van der Waals surface area contributed by atoms with Crippen molar-refractivity contribution >= 4 is 5.91 Å². The smallest absolute Gasteiger partial charge is 0.265 e. The summed E-state index contributed by atoms with van der Waals surface area (Å²) in [4.78, 5) is 18.5. The zero-order chi connectivity index (χ0) is 9.42. The van der Waals surface area contributed by atoms with Crippen LogP contribution in [0.5, 0.6) is 0 Å². The van der Waals surface area contributed by atoms with Gasteiger partial charge in [-0.2, -0.15) is 0 Å². The van der Waals surface area contributed by atoms with E-state index in [4.69, 9.17) is 0 Å². The van der Waals surface area contributed by atoms with E-state index in [1.54, 1.807) is 0 Å². The lowest BCUT2D eigenvalue weighted by Crippen LogP contribution is -2.31. The van der Waals surface area contributed by atoms with Crippen molar-refractivity contribution in [1.29, 1.82) is 0 Å². The molecule has 1 amide bonds. The first kappa shape index (κ1) is 7.79. The third-order valence-electron chi connectivity index (χ3n) is 1.66. The first-order valence-corrected chi connectivity index (χ1v) is 3.63. The largest absolute Gasteiger partial charge is 0.295 e. The predicted octanol–water partition coefficient (Wildman–Crippen LogP) is 0.119. The number of benzene rings is 1. The third kappa shape index (κ3) is 1.26. The Hall–Kier alpha value is -1.84. The van der Waals surface area contributed by atoms with E-state index in [9.17, 15) is 9.18 Å². The van der Waals surface area contributed by atoms with Crippen LogP contribution in [0.3, 0.4) is 0 Å².